The number of hydrogen-bond donors (Lipinski definition) is 6. The zero-order valence-electron chi connectivity index (χ0n) is 29.0. The minimum absolute atomic E-state index is 0.0341. The molecule has 49 heavy (non-hydrogen) atoms. The van der Waals surface area contributed by atoms with E-state index in [1.165, 1.54) is 6.21 Å². The van der Waals surface area contributed by atoms with Crippen molar-refractivity contribution in [1.29, 1.82) is 0 Å². The molecule has 2 rings (SSSR count). The van der Waals surface area contributed by atoms with Crippen molar-refractivity contribution in [3.8, 4) is 0 Å². The van der Waals surface area contributed by atoms with Crippen molar-refractivity contribution in [2.24, 2.45) is 16.8 Å². The van der Waals surface area contributed by atoms with Crippen molar-refractivity contribution >= 4 is 36.2 Å². The van der Waals surface area contributed by atoms with E-state index in [0.717, 1.165) is 11.1 Å². The Kier molecular flexibility index (Phi) is 17.1. The third-order valence-electron chi connectivity index (χ3n) is 6.81. The van der Waals surface area contributed by atoms with Crippen LogP contribution in [0, 0.1) is 5.92 Å². The summed E-state index contributed by atoms with van der Waals surface area (Å²) in [5.74, 6) is -1.01. The molecule has 0 radical (unpaired) electrons. The molecule has 268 valence electrons. The van der Waals surface area contributed by atoms with Gasteiger partial charge in [-0.25, -0.2) is 19.8 Å². The summed E-state index contributed by atoms with van der Waals surface area (Å²) in [6.07, 6.45) is 2.04. The van der Waals surface area contributed by atoms with E-state index in [2.05, 4.69) is 31.8 Å². The largest absolute Gasteiger partial charge is 0.445 e. The van der Waals surface area contributed by atoms with Gasteiger partial charge >= 0.3 is 18.2 Å². The Labute approximate surface area is 288 Å². The van der Waals surface area contributed by atoms with Crippen LogP contribution in [0.25, 0.3) is 0 Å². The van der Waals surface area contributed by atoms with Gasteiger partial charge in [0.25, 0.3) is 0 Å². The number of amides is 6. The number of rotatable bonds is 18. The van der Waals surface area contributed by atoms with Crippen LogP contribution in [0.1, 0.15) is 71.4 Å². The van der Waals surface area contributed by atoms with Crippen molar-refractivity contribution < 1.29 is 33.4 Å². The second-order valence-corrected chi connectivity index (χ2v) is 12.9. The van der Waals surface area contributed by atoms with E-state index in [0.29, 0.717) is 32.2 Å². The summed E-state index contributed by atoms with van der Waals surface area (Å²) in [7, 11) is 0. The molecule has 0 fully saturated rings. The molecule has 0 aliphatic carbocycles. The Morgan fingerprint density at radius 3 is 2.02 bits per heavy atom. The fraction of sp³-hybridized carbons (Fsp3) is 0.486. The minimum atomic E-state index is -1.03. The summed E-state index contributed by atoms with van der Waals surface area (Å²) in [6, 6.07) is 14.8. The third kappa shape index (κ3) is 18.1. The van der Waals surface area contributed by atoms with Crippen LogP contribution in [0.5, 0.6) is 0 Å². The third-order valence-corrected chi connectivity index (χ3v) is 6.81. The average molecular weight is 682 g/mol. The Hall–Kier alpha value is -5.14. The Morgan fingerprint density at radius 2 is 1.43 bits per heavy atom. The molecule has 0 unspecified atom stereocenters. The fourth-order valence-corrected chi connectivity index (χ4v) is 4.59. The second-order valence-electron chi connectivity index (χ2n) is 12.9. The molecule has 14 heteroatoms. The maximum Gasteiger partial charge on any atom is 0.408 e. The van der Waals surface area contributed by atoms with Gasteiger partial charge in [-0.05, 0) is 63.5 Å². The number of alkyl carbamates (subject to hydrolysis) is 2. The van der Waals surface area contributed by atoms with Crippen LogP contribution < -0.4 is 32.4 Å². The molecule has 0 spiro atoms. The first-order valence-electron chi connectivity index (χ1n) is 16.4. The number of hydrogen-bond acceptors (Lipinski definition) is 8. The smallest absolute Gasteiger partial charge is 0.408 e. The highest BCUT2D eigenvalue weighted by atomic mass is 16.6. The second kappa shape index (κ2) is 21.0. The van der Waals surface area contributed by atoms with Gasteiger partial charge in [0.15, 0.2) is 0 Å². The van der Waals surface area contributed by atoms with E-state index in [4.69, 9.17) is 15.2 Å². The molecule has 14 nitrogen and oxygen atoms in total. The molecule has 2 aromatic rings. The molecule has 0 saturated carbocycles. The first-order chi connectivity index (χ1) is 23.2. The number of hydrazone groups is 1. The summed E-state index contributed by atoms with van der Waals surface area (Å²) in [5.41, 5.74) is 8.23. The van der Waals surface area contributed by atoms with Gasteiger partial charge in [0.1, 0.15) is 24.3 Å². The lowest BCUT2D eigenvalue weighted by Gasteiger charge is -2.25. The van der Waals surface area contributed by atoms with Gasteiger partial charge in [0.05, 0.1) is 6.04 Å². The summed E-state index contributed by atoms with van der Waals surface area (Å²) < 4.78 is 10.6. The molecule has 0 saturated heterocycles. The number of primary amides is 1. The summed E-state index contributed by atoms with van der Waals surface area (Å²) >= 11 is 0. The van der Waals surface area contributed by atoms with Gasteiger partial charge in [-0.3, -0.25) is 9.59 Å². The molecule has 7 N–H and O–H groups in total. The lowest BCUT2D eigenvalue weighted by atomic mass is 10.0. The van der Waals surface area contributed by atoms with E-state index in [1.54, 1.807) is 20.8 Å². The molecule has 0 aliphatic heterocycles. The van der Waals surface area contributed by atoms with E-state index in [-0.39, 0.29) is 18.9 Å². The Bertz CT molecular complexity index is 1370. The number of ether oxygens (including phenoxy) is 2. The van der Waals surface area contributed by atoms with Crippen LogP contribution in [0.15, 0.2) is 65.8 Å². The molecule has 2 aromatic carbocycles. The van der Waals surface area contributed by atoms with Crippen molar-refractivity contribution in [3.63, 3.8) is 0 Å². The molecule has 3 atom stereocenters. The Morgan fingerprint density at radius 1 is 0.816 bits per heavy atom. The van der Waals surface area contributed by atoms with Crippen molar-refractivity contribution in [3.05, 3.63) is 71.8 Å². The number of carbonyl (C=O) groups is 5. The number of benzene rings is 2. The standard InChI is InChI=1S/C35H51N7O7/c1-24(2)20-28(41-34(47)48-23-26-16-10-7-11-17-26)31(44)40-29(21-25-14-8-6-9-15-25)30(43)39-27(22-38-42-32(36)45)18-12-13-19-37-33(46)49-35(3,4)5/h6-11,14-17,22,24,27-29H,12-13,18-21,23H2,1-5H3,(H,37,46)(H,39,43)(H,40,44)(H,41,47)(H3,36,42,45)/b38-22+/t27-,28-,29-/m0/s1. The predicted octanol–water partition coefficient (Wildman–Crippen LogP) is 3.89. The summed E-state index contributed by atoms with van der Waals surface area (Å²) in [4.78, 5) is 63.2. The lowest BCUT2D eigenvalue weighted by molar-refractivity contribution is -0.130. The van der Waals surface area contributed by atoms with Gasteiger partial charge in [-0.1, -0.05) is 74.5 Å². The van der Waals surface area contributed by atoms with Crippen molar-refractivity contribution in [2.75, 3.05) is 6.54 Å². The van der Waals surface area contributed by atoms with Crippen LogP contribution in [-0.4, -0.2) is 66.5 Å². The minimum Gasteiger partial charge on any atom is -0.445 e. The van der Waals surface area contributed by atoms with E-state index in [1.807, 2.05) is 74.5 Å². The van der Waals surface area contributed by atoms with Gasteiger partial charge in [-0.15, -0.1) is 0 Å². The normalized spacial score (nSPS) is 13.1. The van der Waals surface area contributed by atoms with Crippen LogP contribution >= 0.6 is 0 Å². The van der Waals surface area contributed by atoms with Crippen molar-refractivity contribution in [2.45, 2.75) is 97.1 Å². The van der Waals surface area contributed by atoms with Gasteiger partial charge in [0.2, 0.25) is 11.8 Å². The first-order valence-corrected chi connectivity index (χ1v) is 16.4. The zero-order valence-corrected chi connectivity index (χ0v) is 29.0. The number of nitrogens with zero attached hydrogens (tertiary/aromatic N) is 1. The molecule has 0 bridgehead atoms. The number of unbranched alkanes of at least 4 members (excludes halogenated alkanes) is 1. The topological polar surface area (TPSA) is 202 Å². The van der Waals surface area contributed by atoms with Crippen LogP contribution in [0.3, 0.4) is 0 Å². The predicted molar refractivity (Wildman–Crippen MR) is 186 cm³/mol. The molecule has 0 aromatic heterocycles. The van der Waals surface area contributed by atoms with Gasteiger partial charge in [-0.2, -0.15) is 5.10 Å². The molecule has 0 heterocycles. The van der Waals surface area contributed by atoms with E-state index >= 15 is 0 Å². The number of carbonyl (C=O) groups excluding carboxylic acids is 5. The van der Waals surface area contributed by atoms with Crippen LogP contribution in [-0.2, 0) is 32.1 Å². The summed E-state index contributed by atoms with van der Waals surface area (Å²) in [5, 5.41) is 14.9. The Balaban J connectivity index is 2.14. The molecule has 6 amide bonds. The highest BCUT2D eigenvalue weighted by Crippen LogP contribution is 2.10. The highest BCUT2D eigenvalue weighted by molar-refractivity contribution is 5.92. The highest BCUT2D eigenvalue weighted by Gasteiger charge is 2.29. The zero-order chi connectivity index (χ0) is 36.2. The quantitative estimate of drug-likeness (QED) is 0.0778. The molecular formula is C35H51N7O7. The van der Waals surface area contributed by atoms with Gasteiger partial charge < -0.3 is 36.5 Å². The number of nitrogens with two attached hydrogens (primary N) is 1. The maximum atomic E-state index is 13.7. The van der Waals surface area contributed by atoms with Gasteiger partial charge in [0, 0.05) is 19.2 Å². The van der Waals surface area contributed by atoms with Crippen molar-refractivity contribution in [1.82, 2.24) is 26.7 Å². The number of urea groups is 1. The SMILES string of the molecule is CC(C)C[C@H](NC(=O)OCc1ccccc1)C(=O)N[C@@H](Cc1ccccc1)C(=O)N[C@H](/C=N/NC(N)=O)CCCCNC(=O)OC(C)(C)C. The average Bonchev–Trinajstić information content (AvgIpc) is 3.02. The van der Waals surface area contributed by atoms with E-state index in [9.17, 15) is 24.0 Å². The lowest BCUT2D eigenvalue weighted by Crippen LogP contribution is -2.56. The van der Waals surface area contributed by atoms with Crippen LogP contribution in [0.4, 0.5) is 14.4 Å². The first kappa shape index (κ1) is 40.0. The molecule has 0 aliphatic rings. The summed E-state index contributed by atoms with van der Waals surface area (Å²) in [6.45, 7) is 9.53. The molecular weight excluding hydrogens is 630 g/mol. The fourth-order valence-electron chi connectivity index (χ4n) is 4.59. The van der Waals surface area contributed by atoms with E-state index < -0.39 is 53.8 Å². The number of nitrogens with one attached hydrogen (secondary N) is 5. The monoisotopic (exact) mass is 681 g/mol. The van der Waals surface area contributed by atoms with Crippen LogP contribution in [0.2, 0.25) is 0 Å². The maximum absolute atomic E-state index is 13.7.